The summed E-state index contributed by atoms with van der Waals surface area (Å²) in [6, 6.07) is 3.60. The highest BCUT2D eigenvalue weighted by atomic mass is 16.5. The predicted molar refractivity (Wildman–Crippen MR) is 54.3 cm³/mol. The molecule has 0 spiro atoms. The smallest absolute Gasteiger partial charge is 0.219 e. The Bertz CT molecular complexity index is 440. The molecule has 0 saturated carbocycles. The molecule has 5 heteroatoms. The second kappa shape index (κ2) is 4.10. The van der Waals surface area contributed by atoms with Crippen molar-refractivity contribution in [1.29, 1.82) is 0 Å². The summed E-state index contributed by atoms with van der Waals surface area (Å²) in [6.45, 7) is -0.0815. The van der Waals surface area contributed by atoms with Crippen LogP contribution in [0.5, 0.6) is 5.88 Å². The fraction of sp³-hybridized carbons (Fsp3) is 0.200. The van der Waals surface area contributed by atoms with Crippen molar-refractivity contribution in [1.82, 2.24) is 15.2 Å². The lowest BCUT2D eigenvalue weighted by molar-refractivity contribution is 0.271. The predicted octanol–water partition coefficient (Wildman–Crippen LogP) is 0.973. The minimum atomic E-state index is -0.0815. The molecular formula is C10H11N3O2. The van der Waals surface area contributed by atoms with Gasteiger partial charge in [0, 0.05) is 17.3 Å². The first-order valence-electron chi connectivity index (χ1n) is 4.49. The largest absolute Gasteiger partial charge is 0.481 e. The molecule has 2 N–H and O–H groups in total. The van der Waals surface area contributed by atoms with Crippen LogP contribution in [0.3, 0.4) is 0 Å². The Balaban J connectivity index is 2.43. The standard InChI is InChI=1S/C10H11N3O2/c1-15-10-7(6-14)2-3-9(13-10)8-4-11-12-5-8/h2-5,14H,6H2,1H3,(H,11,12). The van der Waals surface area contributed by atoms with Gasteiger partial charge in [-0.3, -0.25) is 5.10 Å². The van der Waals surface area contributed by atoms with E-state index in [0.717, 1.165) is 11.3 Å². The summed E-state index contributed by atoms with van der Waals surface area (Å²) >= 11 is 0. The van der Waals surface area contributed by atoms with Crippen molar-refractivity contribution in [2.75, 3.05) is 7.11 Å². The van der Waals surface area contributed by atoms with E-state index < -0.39 is 0 Å². The van der Waals surface area contributed by atoms with Gasteiger partial charge in [-0.2, -0.15) is 5.10 Å². The Morgan fingerprint density at radius 1 is 1.47 bits per heavy atom. The van der Waals surface area contributed by atoms with E-state index in [9.17, 15) is 0 Å². The van der Waals surface area contributed by atoms with Crippen molar-refractivity contribution in [2.24, 2.45) is 0 Å². The third-order valence-electron chi connectivity index (χ3n) is 2.10. The van der Waals surface area contributed by atoms with Crippen LogP contribution >= 0.6 is 0 Å². The number of nitrogens with zero attached hydrogens (tertiary/aromatic N) is 2. The number of ether oxygens (including phenoxy) is 1. The van der Waals surface area contributed by atoms with Gasteiger partial charge in [-0.25, -0.2) is 4.98 Å². The molecule has 5 nitrogen and oxygen atoms in total. The lowest BCUT2D eigenvalue weighted by atomic mass is 10.2. The maximum Gasteiger partial charge on any atom is 0.219 e. The van der Waals surface area contributed by atoms with Crippen molar-refractivity contribution in [3.63, 3.8) is 0 Å². The van der Waals surface area contributed by atoms with Gasteiger partial charge in [0.2, 0.25) is 5.88 Å². The zero-order valence-corrected chi connectivity index (χ0v) is 8.27. The van der Waals surface area contributed by atoms with Crippen LogP contribution in [0.4, 0.5) is 0 Å². The fourth-order valence-electron chi connectivity index (χ4n) is 1.32. The van der Waals surface area contributed by atoms with Crippen LogP contribution < -0.4 is 4.74 Å². The monoisotopic (exact) mass is 205 g/mol. The Hall–Kier alpha value is -1.88. The maximum atomic E-state index is 9.03. The molecule has 0 saturated heterocycles. The van der Waals surface area contributed by atoms with Crippen LogP contribution in [0.2, 0.25) is 0 Å². The van der Waals surface area contributed by atoms with E-state index in [1.54, 1.807) is 18.5 Å². The lowest BCUT2D eigenvalue weighted by Gasteiger charge is -2.06. The molecule has 15 heavy (non-hydrogen) atoms. The molecule has 2 aromatic rings. The molecule has 0 fully saturated rings. The zero-order valence-electron chi connectivity index (χ0n) is 8.27. The van der Waals surface area contributed by atoms with Gasteiger partial charge in [-0.05, 0) is 12.1 Å². The minimum absolute atomic E-state index is 0.0815. The Morgan fingerprint density at radius 3 is 2.93 bits per heavy atom. The lowest BCUT2D eigenvalue weighted by Crippen LogP contribution is -1.96. The summed E-state index contributed by atoms with van der Waals surface area (Å²) in [7, 11) is 1.53. The molecule has 0 atom stereocenters. The number of aliphatic hydroxyl groups excluding tert-OH is 1. The molecule has 0 unspecified atom stereocenters. The first kappa shape index (κ1) is 9.67. The normalized spacial score (nSPS) is 10.3. The molecule has 0 radical (unpaired) electrons. The van der Waals surface area contributed by atoms with Crippen LogP contribution in [-0.2, 0) is 6.61 Å². The third-order valence-corrected chi connectivity index (χ3v) is 2.10. The van der Waals surface area contributed by atoms with E-state index in [2.05, 4.69) is 15.2 Å². The van der Waals surface area contributed by atoms with Crippen molar-refractivity contribution in [3.8, 4) is 17.1 Å². The zero-order chi connectivity index (χ0) is 10.7. The molecule has 0 aliphatic carbocycles. The second-order valence-corrected chi connectivity index (χ2v) is 3.01. The second-order valence-electron chi connectivity index (χ2n) is 3.01. The van der Waals surface area contributed by atoms with Crippen molar-refractivity contribution in [3.05, 3.63) is 30.1 Å². The molecule has 2 rings (SSSR count). The van der Waals surface area contributed by atoms with Crippen molar-refractivity contribution >= 4 is 0 Å². The number of hydrogen-bond donors (Lipinski definition) is 2. The summed E-state index contributed by atoms with van der Waals surface area (Å²) in [4.78, 5) is 4.26. The molecule has 0 aliphatic heterocycles. The number of aliphatic hydroxyl groups is 1. The van der Waals surface area contributed by atoms with Gasteiger partial charge in [0.05, 0.1) is 25.6 Å². The summed E-state index contributed by atoms with van der Waals surface area (Å²) in [6.07, 6.45) is 3.43. The molecule has 0 amide bonds. The van der Waals surface area contributed by atoms with Crippen molar-refractivity contribution < 1.29 is 9.84 Å². The molecular weight excluding hydrogens is 194 g/mol. The summed E-state index contributed by atoms with van der Waals surface area (Å²) in [5.41, 5.74) is 2.32. The number of pyridine rings is 1. The SMILES string of the molecule is COc1nc(-c2cn[nH]c2)ccc1CO. The van der Waals surface area contributed by atoms with Crippen LogP contribution in [-0.4, -0.2) is 27.4 Å². The summed E-state index contributed by atoms with van der Waals surface area (Å²) in [5.74, 6) is 0.441. The Morgan fingerprint density at radius 2 is 2.33 bits per heavy atom. The van der Waals surface area contributed by atoms with E-state index in [1.807, 2.05) is 6.07 Å². The first-order valence-corrected chi connectivity index (χ1v) is 4.49. The third kappa shape index (κ3) is 1.82. The van der Waals surface area contributed by atoms with E-state index in [1.165, 1.54) is 7.11 Å². The molecule has 0 aliphatic rings. The first-order chi connectivity index (χ1) is 7.35. The minimum Gasteiger partial charge on any atom is -0.481 e. The molecule has 2 aromatic heterocycles. The van der Waals surface area contributed by atoms with Gasteiger partial charge >= 0.3 is 0 Å². The number of aromatic amines is 1. The average molecular weight is 205 g/mol. The van der Waals surface area contributed by atoms with E-state index in [-0.39, 0.29) is 6.61 Å². The maximum absolute atomic E-state index is 9.03. The molecule has 0 aromatic carbocycles. The van der Waals surface area contributed by atoms with Crippen LogP contribution in [0, 0.1) is 0 Å². The van der Waals surface area contributed by atoms with Gasteiger partial charge in [0.1, 0.15) is 0 Å². The van der Waals surface area contributed by atoms with E-state index >= 15 is 0 Å². The summed E-state index contributed by atoms with van der Waals surface area (Å²) < 4.78 is 5.07. The van der Waals surface area contributed by atoms with E-state index in [0.29, 0.717) is 11.4 Å². The van der Waals surface area contributed by atoms with Crippen molar-refractivity contribution in [2.45, 2.75) is 6.61 Å². The highest BCUT2D eigenvalue weighted by Crippen LogP contribution is 2.22. The van der Waals surface area contributed by atoms with Gasteiger partial charge in [-0.1, -0.05) is 0 Å². The van der Waals surface area contributed by atoms with Gasteiger partial charge in [0.25, 0.3) is 0 Å². The van der Waals surface area contributed by atoms with Crippen LogP contribution in [0.25, 0.3) is 11.3 Å². The highest BCUT2D eigenvalue weighted by Gasteiger charge is 2.07. The van der Waals surface area contributed by atoms with Gasteiger partial charge in [-0.15, -0.1) is 0 Å². The average Bonchev–Trinajstić information content (AvgIpc) is 2.81. The molecule has 0 bridgehead atoms. The molecule has 2 heterocycles. The number of aromatic nitrogens is 3. The number of rotatable bonds is 3. The van der Waals surface area contributed by atoms with E-state index in [4.69, 9.17) is 9.84 Å². The topological polar surface area (TPSA) is 71.0 Å². The number of hydrogen-bond acceptors (Lipinski definition) is 4. The Labute approximate surface area is 86.7 Å². The highest BCUT2D eigenvalue weighted by molar-refractivity contribution is 5.58. The summed E-state index contributed by atoms with van der Waals surface area (Å²) in [5, 5.41) is 15.6. The quantitative estimate of drug-likeness (QED) is 0.783. The van der Waals surface area contributed by atoms with Gasteiger partial charge < -0.3 is 9.84 Å². The number of H-pyrrole nitrogens is 1. The number of nitrogens with one attached hydrogen (secondary N) is 1. The molecule has 78 valence electrons. The van der Waals surface area contributed by atoms with Crippen LogP contribution in [0.15, 0.2) is 24.5 Å². The van der Waals surface area contributed by atoms with Gasteiger partial charge in [0.15, 0.2) is 0 Å². The van der Waals surface area contributed by atoms with Crippen LogP contribution in [0.1, 0.15) is 5.56 Å². The number of methoxy groups -OCH3 is 1. The fourth-order valence-corrected chi connectivity index (χ4v) is 1.32. The Kier molecular flexibility index (Phi) is 2.64.